The fourth-order valence-electron chi connectivity index (χ4n) is 4.01. The lowest BCUT2D eigenvalue weighted by Gasteiger charge is -2.35. The van der Waals surface area contributed by atoms with E-state index in [1.807, 2.05) is 42.5 Å². The summed E-state index contributed by atoms with van der Waals surface area (Å²) in [4.78, 5) is 30.4. The minimum Gasteiger partial charge on any atom is -0.493 e. The number of carbonyl (C=O) groups is 1. The van der Waals surface area contributed by atoms with Crippen molar-refractivity contribution >= 4 is 16.8 Å². The second-order valence-corrected chi connectivity index (χ2v) is 7.59. The molecule has 168 valence electrons. The molecule has 2 aromatic carbocycles. The van der Waals surface area contributed by atoms with Gasteiger partial charge in [0.15, 0.2) is 11.5 Å². The van der Waals surface area contributed by atoms with Crippen molar-refractivity contribution in [3.8, 4) is 11.5 Å². The van der Waals surface area contributed by atoms with Crippen LogP contribution in [0.25, 0.3) is 10.9 Å². The number of amides is 1. The van der Waals surface area contributed by atoms with Gasteiger partial charge in [-0.1, -0.05) is 24.3 Å². The average Bonchev–Trinajstić information content (AvgIpc) is 2.84. The molecule has 0 aliphatic carbocycles. The standard InChI is InChI=1S/C24H27N3O5/c1-30-21-8-7-17(14-22(21)31-2)20(27-9-11-32-12-10-27)15-25-23(28)18-13-16-5-3-4-6-19(16)26-24(18)29/h3-8,13-14,20H,9-12,15H2,1-2H3,(H,25,28)(H,26,29). The fourth-order valence-corrected chi connectivity index (χ4v) is 4.01. The molecule has 1 atom stereocenters. The number of aromatic amines is 1. The van der Waals surface area contributed by atoms with Gasteiger partial charge in [0.25, 0.3) is 11.5 Å². The molecule has 0 radical (unpaired) electrons. The predicted octanol–water partition coefficient (Wildman–Crippen LogP) is 2.35. The first-order chi connectivity index (χ1) is 15.6. The van der Waals surface area contributed by atoms with Crippen LogP contribution in [0, 0.1) is 0 Å². The van der Waals surface area contributed by atoms with E-state index >= 15 is 0 Å². The number of hydrogen-bond donors (Lipinski definition) is 2. The topological polar surface area (TPSA) is 92.9 Å². The highest BCUT2D eigenvalue weighted by atomic mass is 16.5. The highest BCUT2D eigenvalue weighted by molar-refractivity contribution is 5.97. The van der Waals surface area contributed by atoms with Crippen molar-refractivity contribution in [2.45, 2.75) is 6.04 Å². The summed E-state index contributed by atoms with van der Waals surface area (Å²) in [5.74, 6) is 0.861. The molecule has 0 saturated carbocycles. The van der Waals surface area contributed by atoms with E-state index in [4.69, 9.17) is 14.2 Å². The van der Waals surface area contributed by atoms with Crippen molar-refractivity contribution in [3.63, 3.8) is 0 Å². The number of para-hydroxylation sites is 1. The van der Waals surface area contributed by atoms with Gasteiger partial charge in [-0.2, -0.15) is 0 Å². The Hall–Kier alpha value is -3.36. The monoisotopic (exact) mass is 437 g/mol. The number of nitrogens with one attached hydrogen (secondary N) is 2. The Morgan fingerprint density at radius 1 is 1.09 bits per heavy atom. The summed E-state index contributed by atoms with van der Waals surface area (Å²) in [5, 5.41) is 3.76. The van der Waals surface area contributed by atoms with Crippen molar-refractivity contribution in [3.05, 3.63) is 70.0 Å². The summed E-state index contributed by atoms with van der Waals surface area (Å²) in [6.45, 7) is 3.07. The molecule has 0 bridgehead atoms. The predicted molar refractivity (Wildman–Crippen MR) is 122 cm³/mol. The summed E-state index contributed by atoms with van der Waals surface area (Å²) < 4.78 is 16.3. The molecule has 1 saturated heterocycles. The van der Waals surface area contributed by atoms with E-state index in [0.717, 1.165) is 24.0 Å². The Balaban J connectivity index is 1.58. The first-order valence-corrected chi connectivity index (χ1v) is 10.5. The van der Waals surface area contributed by atoms with Gasteiger partial charge in [-0.05, 0) is 35.2 Å². The van der Waals surface area contributed by atoms with Crippen LogP contribution in [0.15, 0.2) is 53.3 Å². The number of carbonyl (C=O) groups excluding carboxylic acids is 1. The molecule has 1 unspecified atom stereocenters. The molecule has 1 amide bonds. The maximum absolute atomic E-state index is 12.9. The second kappa shape index (κ2) is 9.84. The van der Waals surface area contributed by atoms with E-state index in [1.165, 1.54) is 0 Å². The molecule has 1 aromatic heterocycles. The van der Waals surface area contributed by atoms with Crippen molar-refractivity contribution in [2.24, 2.45) is 0 Å². The summed E-state index contributed by atoms with van der Waals surface area (Å²) >= 11 is 0. The number of aromatic nitrogens is 1. The summed E-state index contributed by atoms with van der Waals surface area (Å²) in [7, 11) is 3.19. The Morgan fingerprint density at radius 2 is 1.84 bits per heavy atom. The molecule has 8 heteroatoms. The maximum Gasteiger partial charge on any atom is 0.261 e. The molecular weight excluding hydrogens is 410 g/mol. The number of benzene rings is 2. The van der Waals surface area contributed by atoms with Gasteiger partial charge in [0.2, 0.25) is 0 Å². The van der Waals surface area contributed by atoms with Crippen LogP contribution in [0.3, 0.4) is 0 Å². The van der Waals surface area contributed by atoms with Crippen molar-refractivity contribution < 1.29 is 19.0 Å². The zero-order valence-corrected chi connectivity index (χ0v) is 18.2. The number of hydrogen-bond acceptors (Lipinski definition) is 6. The number of rotatable bonds is 7. The van der Waals surface area contributed by atoms with Crippen molar-refractivity contribution in [1.29, 1.82) is 0 Å². The molecule has 8 nitrogen and oxygen atoms in total. The molecule has 3 aromatic rings. The molecule has 1 fully saturated rings. The minimum atomic E-state index is -0.407. The zero-order valence-electron chi connectivity index (χ0n) is 18.2. The number of methoxy groups -OCH3 is 2. The molecule has 0 spiro atoms. The van der Waals surface area contributed by atoms with Crippen molar-refractivity contribution in [2.75, 3.05) is 47.1 Å². The van der Waals surface area contributed by atoms with Gasteiger partial charge in [0, 0.05) is 25.2 Å². The Bertz CT molecular complexity index is 1150. The van der Waals surface area contributed by atoms with Gasteiger partial charge in [0.1, 0.15) is 5.56 Å². The number of pyridine rings is 1. The van der Waals surface area contributed by atoms with E-state index in [2.05, 4.69) is 15.2 Å². The molecule has 32 heavy (non-hydrogen) atoms. The summed E-state index contributed by atoms with van der Waals surface area (Å²) in [6.07, 6.45) is 0. The van der Waals surface area contributed by atoms with Gasteiger partial charge >= 0.3 is 0 Å². The molecule has 4 rings (SSSR count). The lowest BCUT2D eigenvalue weighted by atomic mass is 10.0. The Kier molecular flexibility index (Phi) is 6.72. The van der Waals surface area contributed by atoms with Gasteiger partial charge in [0.05, 0.1) is 33.5 Å². The van der Waals surface area contributed by atoms with E-state index in [-0.39, 0.29) is 11.6 Å². The zero-order chi connectivity index (χ0) is 22.5. The van der Waals surface area contributed by atoms with Crippen LogP contribution in [0.1, 0.15) is 22.0 Å². The summed E-state index contributed by atoms with van der Waals surface area (Å²) in [5.41, 5.74) is 1.37. The normalized spacial score (nSPS) is 15.3. The van der Waals surface area contributed by atoms with Crippen LogP contribution in [0.2, 0.25) is 0 Å². The largest absolute Gasteiger partial charge is 0.493 e. The molecule has 1 aliphatic rings. The molecular formula is C24H27N3O5. The van der Waals surface area contributed by atoms with E-state index in [0.29, 0.717) is 36.8 Å². The number of nitrogens with zero attached hydrogens (tertiary/aromatic N) is 1. The third-order valence-corrected chi connectivity index (χ3v) is 5.73. The van der Waals surface area contributed by atoms with Crippen LogP contribution < -0.4 is 20.3 Å². The third kappa shape index (κ3) is 4.61. The molecule has 2 N–H and O–H groups in total. The minimum absolute atomic E-state index is 0.0942. The van der Waals surface area contributed by atoms with Crippen LogP contribution in [-0.2, 0) is 4.74 Å². The van der Waals surface area contributed by atoms with Crippen LogP contribution in [-0.4, -0.2) is 62.9 Å². The Morgan fingerprint density at radius 3 is 2.59 bits per heavy atom. The smallest absolute Gasteiger partial charge is 0.261 e. The quantitative estimate of drug-likeness (QED) is 0.590. The molecule has 2 heterocycles. The van der Waals surface area contributed by atoms with Gasteiger partial charge < -0.3 is 24.5 Å². The summed E-state index contributed by atoms with van der Waals surface area (Å²) in [6, 6.07) is 14.7. The first kappa shape index (κ1) is 21.9. The van der Waals surface area contributed by atoms with Crippen LogP contribution in [0.5, 0.6) is 11.5 Å². The number of H-pyrrole nitrogens is 1. The van der Waals surface area contributed by atoms with E-state index in [9.17, 15) is 9.59 Å². The van der Waals surface area contributed by atoms with Crippen molar-refractivity contribution in [1.82, 2.24) is 15.2 Å². The van der Waals surface area contributed by atoms with E-state index < -0.39 is 11.5 Å². The maximum atomic E-state index is 12.9. The SMILES string of the molecule is COc1ccc(C(CNC(=O)c2cc3ccccc3[nH]c2=O)N2CCOCC2)cc1OC. The third-order valence-electron chi connectivity index (χ3n) is 5.73. The number of ether oxygens (including phenoxy) is 3. The lowest BCUT2D eigenvalue weighted by molar-refractivity contribution is 0.0162. The second-order valence-electron chi connectivity index (χ2n) is 7.59. The number of morpholine rings is 1. The lowest BCUT2D eigenvalue weighted by Crippen LogP contribution is -2.44. The fraction of sp³-hybridized carbons (Fsp3) is 0.333. The van der Waals surface area contributed by atoms with Gasteiger partial charge in [-0.3, -0.25) is 14.5 Å². The van der Waals surface area contributed by atoms with Gasteiger partial charge in [-0.25, -0.2) is 0 Å². The van der Waals surface area contributed by atoms with E-state index in [1.54, 1.807) is 20.3 Å². The highest BCUT2D eigenvalue weighted by Gasteiger charge is 2.25. The van der Waals surface area contributed by atoms with Crippen LogP contribution in [0.4, 0.5) is 0 Å². The first-order valence-electron chi connectivity index (χ1n) is 10.5. The van der Waals surface area contributed by atoms with Crippen LogP contribution >= 0.6 is 0 Å². The Labute approximate surface area is 186 Å². The van der Waals surface area contributed by atoms with Gasteiger partial charge in [-0.15, -0.1) is 0 Å². The molecule has 1 aliphatic heterocycles. The average molecular weight is 437 g/mol. The number of fused-ring (bicyclic) bond motifs is 1. The highest BCUT2D eigenvalue weighted by Crippen LogP contribution is 2.32.